The van der Waals surface area contributed by atoms with Crippen LogP contribution in [0.25, 0.3) is 11.6 Å². The first kappa shape index (κ1) is 26.2. The minimum absolute atomic E-state index is 0.00886. The van der Waals surface area contributed by atoms with Crippen molar-refractivity contribution in [2.24, 2.45) is 5.73 Å². The largest absolute Gasteiger partial charge is 0.419 e. The highest BCUT2D eigenvalue weighted by atomic mass is 19.4. The Morgan fingerprint density at radius 1 is 1.19 bits per heavy atom. The van der Waals surface area contributed by atoms with Crippen LogP contribution in [0.4, 0.5) is 33.7 Å². The number of halogens is 4. The Hall–Kier alpha value is -3.87. The van der Waals surface area contributed by atoms with Crippen molar-refractivity contribution < 1.29 is 31.9 Å². The number of aryl methyl sites for hydroxylation is 1. The molecule has 6 N–H and O–H groups in total. The lowest BCUT2D eigenvalue weighted by Gasteiger charge is -2.26. The molecule has 2 aliphatic rings. The maximum absolute atomic E-state index is 14.5. The summed E-state index contributed by atoms with van der Waals surface area (Å²) in [6.45, 7) is 3.82. The van der Waals surface area contributed by atoms with Gasteiger partial charge in [0.2, 0.25) is 0 Å². The molecule has 2 aliphatic heterocycles. The first-order chi connectivity index (χ1) is 17.5. The highest BCUT2D eigenvalue weighted by molar-refractivity contribution is 6.35. The number of nitrogens with zero attached hydrogens (tertiary/aromatic N) is 1. The molecule has 0 radical (unpaired) electrons. The van der Waals surface area contributed by atoms with E-state index in [1.165, 1.54) is 6.92 Å². The molecular formula is C24H26F4N6O3. The number of primary amides is 1. The second-order valence-electron chi connectivity index (χ2n) is 8.95. The normalized spacial score (nSPS) is 17.0. The monoisotopic (exact) mass is 522 g/mol. The molecule has 4 amide bonds. The molecule has 1 aromatic heterocycles. The highest BCUT2D eigenvalue weighted by Crippen LogP contribution is 2.41. The van der Waals surface area contributed by atoms with Crippen molar-refractivity contribution in [1.29, 1.82) is 0 Å². The van der Waals surface area contributed by atoms with Gasteiger partial charge in [0, 0.05) is 24.3 Å². The van der Waals surface area contributed by atoms with Crippen LogP contribution in [0, 0.1) is 12.7 Å². The van der Waals surface area contributed by atoms with Gasteiger partial charge >= 0.3 is 12.2 Å². The van der Waals surface area contributed by atoms with Crippen molar-refractivity contribution in [3.05, 3.63) is 46.0 Å². The van der Waals surface area contributed by atoms with Gasteiger partial charge in [-0.2, -0.15) is 13.2 Å². The van der Waals surface area contributed by atoms with Gasteiger partial charge in [-0.25, -0.2) is 9.18 Å². The molecule has 1 fully saturated rings. The number of piperidine rings is 1. The van der Waals surface area contributed by atoms with Crippen LogP contribution in [0.5, 0.6) is 0 Å². The average molecular weight is 523 g/mol. The quantitative estimate of drug-likeness (QED) is 0.293. The van der Waals surface area contributed by atoms with Crippen molar-refractivity contribution in [2.75, 3.05) is 36.8 Å². The number of rotatable bonds is 6. The zero-order chi connectivity index (χ0) is 26.9. The van der Waals surface area contributed by atoms with Crippen LogP contribution >= 0.6 is 0 Å². The van der Waals surface area contributed by atoms with Crippen LogP contribution in [0.3, 0.4) is 0 Å². The zero-order valence-electron chi connectivity index (χ0n) is 19.9. The van der Waals surface area contributed by atoms with Crippen LogP contribution in [0.1, 0.15) is 52.1 Å². The zero-order valence-corrected chi connectivity index (χ0v) is 19.9. The number of carbonyl (C=O) groups excluding carboxylic acids is 3. The van der Waals surface area contributed by atoms with Crippen molar-refractivity contribution in [3.8, 4) is 0 Å². The third-order valence-corrected chi connectivity index (χ3v) is 6.33. The van der Waals surface area contributed by atoms with E-state index in [1.54, 1.807) is 0 Å². The molecule has 37 heavy (non-hydrogen) atoms. The first-order valence-electron chi connectivity index (χ1n) is 11.7. The van der Waals surface area contributed by atoms with Gasteiger partial charge in [0.15, 0.2) is 0 Å². The third kappa shape index (κ3) is 5.61. The number of urea groups is 1. The summed E-state index contributed by atoms with van der Waals surface area (Å²) in [5.74, 6) is -2.60. The lowest BCUT2D eigenvalue weighted by atomic mass is 10.0. The second kappa shape index (κ2) is 10.2. The molecule has 9 nitrogen and oxygen atoms in total. The molecule has 2 aromatic rings. The summed E-state index contributed by atoms with van der Waals surface area (Å²) in [7, 11) is 0. The number of anilines is 2. The summed E-state index contributed by atoms with van der Waals surface area (Å²) < 4.78 is 56.9. The predicted molar refractivity (Wildman–Crippen MR) is 129 cm³/mol. The molecule has 0 saturated carbocycles. The first-order valence-corrected chi connectivity index (χ1v) is 11.7. The molecule has 198 valence electrons. The smallest absolute Gasteiger partial charge is 0.358 e. The van der Waals surface area contributed by atoms with Gasteiger partial charge in [-0.3, -0.25) is 9.59 Å². The molecule has 1 aromatic carbocycles. The molecule has 0 unspecified atom stereocenters. The van der Waals surface area contributed by atoms with E-state index in [9.17, 15) is 31.9 Å². The van der Waals surface area contributed by atoms with Gasteiger partial charge in [0.1, 0.15) is 5.82 Å². The van der Waals surface area contributed by atoms with Gasteiger partial charge in [0.25, 0.3) is 11.8 Å². The number of likely N-dealkylation sites (tertiary alicyclic amines) is 1. The number of nitrogens with one attached hydrogen (secondary N) is 4. The minimum atomic E-state index is -4.92. The number of hydrogen-bond acceptors (Lipinski definition) is 4. The fraction of sp³-hybridized carbons (Fsp3) is 0.375. The van der Waals surface area contributed by atoms with Gasteiger partial charge in [-0.15, -0.1) is 0 Å². The van der Waals surface area contributed by atoms with E-state index in [4.69, 9.17) is 5.73 Å². The molecule has 3 heterocycles. The summed E-state index contributed by atoms with van der Waals surface area (Å²) in [5.41, 5.74) is 2.20. The molecule has 0 bridgehead atoms. The summed E-state index contributed by atoms with van der Waals surface area (Å²) in [6, 6.07) is 0.985. The Labute approximate surface area is 209 Å². The number of hydrogen-bond donors (Lipinski definition) is 5. The fourth-order valence-corrected chi connectivity index (χ4v) is 4.66. The number of aromatic nitrogens is 1. The van der Waals surface area contributed by atoms with Crippen LogP contribution in [0.15, 0.2) is 12.1 Å². The van der Waals surface area contributed by atoms with Crippen molar-refractivity contribution in [3.63, 3.8) is 0 Å². The van der Waals surface area contributed by atoms with Gasteiger partial charge in [-0.05, 0) is 51.1 Å². The van der Waals surface area contributed by atoms with Gasteiger partial charge in [0.05, 0.1) is 33.8 Å². The number of nitrogens with two attached hydrogens (primary N) is 1. The molecular weight excluding hydrogens is 496 g/mol. The van der Waals surface area contributed by atoms with Crippen molar-refractivity contribution >= 4 is 40.9 Å². The number of aromatic amines is 1. The number of carbonyl (C=O) groups is 3. The van der Waals surface area contributed by atoms with E-state index >= 15 is 0 Å². The maximum atomic E-state index is 14.5. The topological polar surface area (TPSA) is 132 Å². The molecule has 4 rings (SSSR count). The molecule has 13 heteroatoms. The standard InChI is InChI=1S/C24H26F4N6O3/c1-12-19(22(36)30-5-8-34-6-3-2-4-7-34)20(24(26,27)28)18(31-12)10-14-13-9-15(25)17(33-23(29)37)11-16(13)32-21(14)35/h9-11,31H,2-8H2,1H3,(H,30,36)(H,32,35)(H3,29,33,37)/b14-10-. The molecule has 1 saturated heterocycles. The fourth-order valence-electron chi connectivity index (χ4n) is 4.66. The summed E-state index contributed by atoms with van der Waals surface area (Å²) in [6.07, 6.45) is -0.758. The molecule has 0 spiro atoms. The van der Waals surface area contributed by atoms with Crippen LogP contribution in [-0.2, 0) is 11.0 Å². The Balaban J connectivity index is 1.65. The van der Waals surface area contributed by atoms with Crippen LogP contribution in [0.2, 0.25) is 0 Å². The van der Waals surface area contributed by atoms with Gasteiger partial charge < -0.3 is 31.6 Å². The Morgan fingerprint density at radius 2 is 1.89 bits per heavy atom. The Morgan fingerprint density at radius 3 is 2.54 bits per heavy atom. The second-order valence-corrected chi connectivity index (χ2v) is 8.95. The summed E-state index contributed by atoms with van der Waals surface area (Å²) in [5, 5.41) is 7.05. The van der Waals surface area contributed by atoms with E-state index < -0.39 is 46.7 Å². The van der Waals surface area contributed by atoms with Gasteiger partial charge in [-0.1, -0.05) is 6.42 Å². The van der Waals surface area contributed by atoms with E-state index in [-0.39, 0.29) is 34.8 Å². The molecule has 0 atom stereocenters. The number of H-pyrrole nitrogens is 1. The third-order valence-electron chi connectivity index (χ3n) is 6.33. The SMILES string of the molecule is Cc1[nH]c(/C=C2\C(=O)Nc3cc(NC(N)=O)c(F)cc32)c(C(F)(F)F)c1C(=O)NCCN1CCCCC1. The van der Waals surface area contributed by atoms with E-state index in [1.807, 2.05) is 0 Å². The molecule has 0 aliphatic carbocycles. The van der Waals surface area contributed by atoms with E-state index in [2.05, 4.69) is 25.8 Å². The summed E-state index contributed by atoms with van der Waals surface area (Å²) >= 11 is 0. The average Bonchev–Trinajstić information content (AvgIpc) is 3.30. The number of alkyl halides is 3. The van der Waals surface area contributed by atoms with Crippen molar-refractivity contribution in [2.45, 2.75) is 32.4 Å². The predicted octanol–water partition coefficient (Wildman–Crippen LogP) is 3.68. The van der Waals surface area contributed by atoms with Crippen LogP contribution < -0.4 is 21.7 Å². The lowest BCUT2D eigenvalue weighted by molar-refractivity contribution is -0.138. The maximum Gasteiger partial charge on any atom is 0.419 e. The highest BCUT2D eigenvalue weighted by Gasteiger charge is 2.41. The van der Waals surface area contributed by atoms with Crippen molar-refractivity contribution in [1.82, 2.24) is 15.2 Å². The van der Waals surface area contributed by atoms with Crippen LogP contribution in [-0.4, -0.2) is 53.9 Å². The Bertz CT molecular complexity index is 1280. The van der Waals surface area contributed by atoms with E-state index in [0.29, 0.717) is 6.54 Å². The number of fused-ring (bicyclic) bond motifs is 1. The lowest BCUT2D eigenvalue weighted by Crippen LogP contribution is -2.38. The summed E-state index contributed by atoms with van der Waals surface area (Å²) in [4.78, 5) is 41.1. The number of benzene rings is 1. The minimum Gasteiger partial charge on any atom is -0.358 e. The Kier molecular flexibility index (Phi) is 7.25. The number of amides is 4. The van der Waals surface area contributed by atoms with E-state index in [0.717, 1.165) is 50.6 Å².